The largest absolute Gasteiger partial charge is 0.485 e. The Morgan fingerprint density at radius 3 is 2.33 bits per heavy atom. The fraction of sp³-hybridized carbons (Fsp3) is 0.391. The van der Waals surface area contributed by atoms with E-state index in [4.69, 9.17) is 9.47 Å². The van der Waals surface area contributed by atoms with Crippen molar-refractivity contribution in [2.45, 2.75) is 20.0 Å². The highest BCUT2D eigenvalue weighted by atomic mass is 16.6. The summed E-state index contributed by atoms with van der Waals surface area (Å²) in [5.41, 5.74) is 2.98. The number of carbonyl (C=O) groups excluding carboxylic acids is 2. The van der Waals surface area contributed by atoms with Crippen molar-refractivity contribution in [2.75, 3.05) is 44.6 Å². The summed E-state index contributed by atoms with van der Waals surface area (Å²) >= 11 is 0. The monoisotopic (exact) mass is 409 g/mol. The van der Waals surface area contributed by atoms with Gasteiger partial charge in [-0.25, -0.2) is 0 Å². The van der Waals surface area contributed by atoms with Crippen LogP contribution in [0.1, 0.15) is 11.1 Å². The number of hydrogen-bond acceptors (Lipinski definition) is 5. The summed E-state index contributed by atoms with van der Waals surface area (Å²) in [4.78, 5) is 29.2. The molecule has 0 spiro atoms. The number of nitrogens with one attached hydrogen (secondary N) is 1. The first-order valence-electron chi connectivity index (χ1n) is 10.3. The molecule has 158 valence electrons. The van der Waals surface area contributed by atoms with Gasteiger partial charge in [-0.2, -0.15) is 0 Å². The Kier molecular flexibility index (Phi) is 5.90. The van der Waals surface area contributed by atoms with E-state index >= 15 is 0 Å². The standard InChI is InChI=1S/C23H27N3O4/c1-16-6-5-7-17(2)22(16)24-21(27)14-25-10-12-26(13-11-25)23(28)20-15-29-18-8-3-4-9-19(18)30-20/h3-9,20H,10-15H2,1-2H3,(H,24,27)/t20-/m1/s1. The molecule has 1 atom stereocenters. The average molecular weight is 409 g/mol. The highest BCUT2D eigenvalue weighted by Gasteiger charge is 2.32. The van der Waals surface area contributed by atoms with Crippen LogP contribution in [-0.2, 0) is 9.59 Å². The molecule has 0 aromatic heterocycles. The number of para-hydroxylation sites is 3. The lowest BCUT2D eigenvalue weighted by Gasteiger charge is -2.36. The molecule has 0 saturated carbocycles. The quantitative estimate of drug-likeness (QED) is 0.839. The predicted octanol–water partition coefficient (Wildman–Crippen LogP) is 2.23. The molecule has 2 aliphatic rings. The van der Waals surface area contributed by atoms with Crippen LogP contribution in [-0.4, -0.2) is 67.0 Å². The van der Waals surface area contributed by atoms with Crippen molar-refractivity contribution in [2.24, 2.45) is 0 Å². The molecule has 1 saturated heterocycles. The Morgan fingerprint density at radius 2 is 1.63 bits per heavy atom. The molecule has 0 unspecified atom stereocenters. The highest BCUT2D eigenvalue weighted by molar-refractivity contribution is 5.93. The van der Waals surface area contributed by atoms with Crippen LogP contribution in [0, 0.1) is 13.8 Å². The molecule has 4 rings (SSSR count). The summed E-state index contributed by atoms with van der Waals surface area (Å²) in [6.45, 7) is 6.94. The molecule has 2 aliphatic heterocycles. The first-order valence-corrected chi connectivity index (χ1v) is 10.3. The number of piperazine rings is 1. The number of rotatable bonds is 4. The molecule has 2 heterocycles. The summed E-state index contributed by atoms with van der Waals surface area (Å²) in [5, 5.41) is 3.02. The van der Waals surface area contributed by atoms with Crippen LogP contribution in [0.15, 0.2) is 42.5 Å². The minimum Gasteiger partial charge on any atom is -0.485 e. The van der Waals surface area contributed by atoms with Gasteiger partial charge in [0.1, 0.15) is 6.61 Å². The molecule has 2 aromatic carbocycles. The number of amides is 2. The van der Waals surface area contributed by atoms with E-state index in [0.717, 1.165) is 16.8 Å². The SMILES string of the molecule is Cc1cccc(C)c1NC(=O)CN1CCN(C(=O)[C@H]2COc3ccccc3O2)CC1. The van der Waals surface area contributed by atoms with Gasteiger partial charge < -0.3 is 19.7 Å². The molecular weight excluding hydrogens is 382 g/mol. The molecule has 2 aromatic rings. The van der Waals surface area contributed by atoms with E-state index in [2.05, 4.69) is 10.2 Å². The van der Waals surface area contributed by atoms with Crippen LogP contribution in [0.2, 0.25) is 0 Å². The number of aryl methyl sites for hydroxylation is 2. The summed E-state index contributed by atoms with van der Waals surface area (Å²) in [7, 11) is 0. The van der Waals surface area contributed by atoms with Crippen LogP contribution in [0.25, 0.3) is 0 Å². The number of benzene rings is 2. The first-order chi connectivity index (χ1) is 14.5. The molecule has 1 fully saturated rings. The minimum atomic E-state index is -0.626. The van der Waals surface area contributed by atoms with Crippen LogP contribution in [0.3, 0.4) is 0 Å². The van der Waals surface area contributed by atoms with Crippen molar-refractivity contribution in [3.8, 4) is 11.5 Å². The van der Waals surface area contributed by atoms with Crippen LogP contribution >= 0.6 is 0 Å². The number of ether oxygens (including phenoxy) is 2. The third kappa shape index (κ3) is 4.41. The molecule has 0 aliphatic carbocycles. The minimum absolute atomic E-state index is 0.0344. The lowest BCUT2D eigenvalue weighted by molar-refractivity contribution is -0.143. The van der Waals surface area contributed by atoms with Crippen molar-refractivity contribution in [1.29, 1.82) is 0 Å². The second-order valence-corrected chi connectivity index (χ2v) is 7.78. The molecule has 1 N–H and O–H groups in total. The number of hydrogen-bond donors (Lipinski definition) is 1. The second kappa shape index (κ2) is 8.75. The Labute approximate surface area is 176 Å². The smallest absolute Gasteiger partial charge is 0.267 e. The summed E-state index contributed by atoms with van der Waals surface area (Å²) in [5.74, 6) is 1.17. The van der Waals surface area contributed by atoms with Crippen LogP contribution < -0.4 is 14.8 Å². The van der Waals surface area contributed by atoms with Crippen molar-refractivity contribution in [1.82, 2.24) is 9.80 Å². The Bertz CT molecular complexity index is 918. The van der Waals surface area contributed by atoms with Gasteiger partial charge in [-0.3, -0.25) is 14.5 Å². The zero-order chi connectivity index (χ0) is 21.1. The summed E-state index contributed by atoms with van der Waals surface area (Å²) in [6.07, 6.45) is -0.626. The molecule has 7 heteroatoms. The van der Waals surface area contributed by atoms with Crippen molar-refractivity contribution in [3.63, 3.8) is 0 Å². The fourth-order valence-electron chi connectivity index (χ4n) is 3.86. The van der Waals surface area contributed by atoms with Crippen molar-refractivity contribution in [3.05, 3.63) is 53.6 Å². The maximum Gasteiger partial charge on any atom is 0.267 e. The summed E-state index contributed by atoms with van der Waals surface area (Å²) < 4.78 is 11.5. The third-order valence-electron chi connectivity index (χ3n) is 5.58. The molecule has 0 bridgehead atoms. The topological polar surface area (TPSA) is 71.1 Å². The van der Waals surface area contributed by atoms with Crippen molar-refractivity contribution >= 4 is 17.5 Å². The van der Waals surface area contributed by atoms with Crippen LogP contribution in [0.4, 0.5) is 5.69 Å². The number of nitrogens with zero attached hydrogens (tertiary/aromatic N) is 2. The van der Waals surface area contributed by atoms with E-state index in [1.165, 1.54) is 0 Å². The predicted molar refractivity (Wildman–Crippen MR) is 114 cm³/mol. The summed E-state index contributed by atoms with van der Waals surface area (Å²) in [6, 6.07) is 13.3. The Balaban J connectivity index is 1.27. The number of anilines is 1. The maximum absolute atomic E-state index is 12.8. The Hall–Kier alpha value is -3.06. The molecule has 2 amide bonds. The van der Waals surface area contributed by atoms with Gasteiger partial charge in [-0.05, 0) is 37.1 Å². The maximum atomic E-state index is 12.8. The normalized spacial score (nSPS) is 18.7. The van der Waals surface area contributed by atoms with Gasteiger partial charge in [0.2, 0.25) is 12.0 Å². The van der Waals surface area contributed by atoms with E-state index in [1.807, 2.05) is 56.3 Å². The van der Waals surface area contributed by atoms with Gasteiger partial charge in [-0.15, -0.1) is 0 Å². The van der Waals surface area contributed by atoms with E-state index in [1.54, 1.807) is 4.90 Å². The van der Waals surface area contributed by atoms with E-state index < -0.39 is 6.10 Å². The van der Waals surface area contributed by atoms with E-state index in [9.17, 15) is 9.59 Å². The van der Waals surface area contributed by atoms with E-state index in [0.29, 0.717) is 44.2 Å². The molecule has 30 heavy (non-hydrogen) atoms. The molecule has 7 nitrogen and oxygen atoms in total. The van der Waals surface area contributed by atoms with Gasteiger partial charge in [-0.1, -0.05) is 30.3 Å². The van der Waals surface area contributed by atoms with Gasteiger partial charge >= 0.3 is 0 Å². The second-order valence-electron chi connectivity index (χ2n) is 7.78. The van der Waals surface area contributed by atoms with Crippen molar-refractivity contribution < 1.29 is 19.1 Å². The first kappa shape index (κ1) is 20.2. The Morgan fingerprint density at radius 1 is 0.967 bits per heavy atom. The molecule has 0 radical (unpaired) electrons. The zero-order valence-corrected chi connectivity index (χ0v) is 17.4. The lowest BCUT2D eigenvalue weighted by Crippen LogP contribution is -2.54. The van der Waals surface area contributed by atoms with E-state index in [-0.39, 0.29) is 18.4 Å². The van der Waals surface area contributed by atoms with Gasteiger partial charge in [0.05, 0.1) is 6.54 Å². The number of carbonyl (C=O) groups is 2. The third-order valence-corrected chi connectivity index (χ3v) is 5.58. The lowest BCUT2D eigenvalue weighted by atomic mass is 10.1. The number of fused-ring (bicyclic) bond motifs is 1. The van der Waals surface area contributed by atoms with Gasteiger partial charge in [0.25, 0.3) is 5.91 Å². The fourth-order valence-corrected chi connectivity index (χ4v) is 3.86. The zero-order valence-electron chi connectivity index (χ0n) is 17.4. The van der Waals surface area contributed by atoms with Crippen LogP contribution in [0.5, 0.6) is 11.5 Å². The molecular formula is C23H27N3O4. The highest BCUT2D eigenvalue weighted by Crippen LogP contribution is 2.31. The average Bonchev–Trinajstić information content (AvgIpc) is 2.76. The van der Waals surface area contributed by atoms with Gasteiger partial charge in [0.15, 0.2) is 11.5 Å². The van der Waals surface area contributed by atoms with Gasteiger partial charge in [0, 0.05) is 31.9 Å².